The number of nitriles is 1. The second-order valence-electron chi connectivity index (χ2n) is 7.04. The number of rotatable bonds is 4. The molecule has 0 unspecified atom stereocenters. The first-order valence-corrected chi connectivity index (χ1v) is 9.79. The van der Waals surface area contributed by atoms with Crippen LogP contribution in [-0.2, 0) is 17.6 Å². The van der Waals surface area contributed by atoms with E-state index in [1.807, 2.05) is 30.3 Å². The molecule has 3 aromatic rings. The minimum Gasteiger partial charge on any atom is -0.482 e. The number of para-hydroxylation sites is 2. The third-order valence-corrected chi connectivity index (χ3v) is 5.08. The molecule has 0 bridgehead atoms. The molecule has 150 valence electrons. The van der Waals surface area contributed by atoms with Crippen LogP contribution < -0.4 is 15.6 Å². The number of carbonyl (C=O) groups excluding carboxylic acids is 2. The molecule has 7 heteroatoms. The fourth-order valence-corrected chi connectivity index (χ4v) is 3.69. The van der Waals surface area contributed by atoms with Gasteiger partial charge in [-0.2, -0.15) is 5.26 Å². The second-order valence-corrected chi connectivity index (χ2v) is 7.04. The topological polar surface area (TPSA) is 104 Å². The maximum absolute atomic E-state index is 13.0. The molecule has 2 aromatic carbocycles. The van der Waals surface area contributed by atoms with E-state index in [2.05, 4.69) is 10.9 Å². The zero-order valence-corrected chi connectivity index (χ0v) is 16.3. The summed E-state index contributed by atoms with van der Waals surface area (Å²) in [7, 11) is 0. The highest BCUT2D eigenvalue weighted by Crippen LogP contribution is 2.29. The Hall–Kier alpha value is -3.92. The van der Waals surface area contributed by atoms with Gasteiger partial charge in [-0.25, -0.2) is 0 Å². The molecule has 30 heavy (non-hydrogen) atoms. The number of hydrogen-bond donors (Lipinski definition) is 2. The van der Waals surface area contributed by atoms with Crippen molar-refractivity contribution in [2.24, 2.45) is 0 Å². The highest BCUT2D eigenvalue weighted by Gasteiger charge is 2.22. The van der Waals surface area contributed by atoms with Gasteiger partial charge in [0.2, 0.25) is 0 Å². The SMILES string of the molecule is N#Cc1ccccc1OCC(=O)NNC(=O)c1c2c(nc3ccccc13)CCCC2. The van der Waals surface area contributed by atoms with Crippen molar-refractivity contribution in [1.82, 2.24) is 15.8 Å². The maximum atomic E-state index is 13.0. The molecule has 0 fully saturated rings. The minimum absolute atomic E-state index is 0.315. The predicted molar refractivity (Wildman–Crippen MR) is 111 cm³/mol. The summed E-state index contributed by atoms with van der Waals surface area (Å²) in [6.07, 6.45) is 3.69. The van der Waals surface area contributed by atoms with Gasteiger partial charge in [-0.3, -0.25) is 25.4 Å². The van der Waals surface area contributed by atoms with E-state index < -0.39 is 5.91 Å². The maximum Gasteiger partial charge on any atom is 0.276 e. The molecule has 0 aliphatic heterocycles. The molecule has 1 heterocycles. The number of hydrazine groups is 1. The van der Waals surface area contributed by atoms with E-state index in [1.54, 1.807) is 24.3 Å². The number of aryl methyl sites for hydroxylation is 1. The fourth-order valence-electron chi connectivity index (χ4n) is 3.69. The number of nitrogens with one attached hydrogen (secondary N) is 2. The molecule has 0 atom stereocenters. The standard InChI is InChI=1S/C23H20N4O3/c24-13-15-7-1-6-12-20(15)30-14-21(28)26-27-23(29)22-16-8-2-4-10-18(16)25-19-11-5-3-9-17(19)22/h1-2,4,6-8,10,12H,3,5,9,11,14H2,(H,26,28)(H,27,29). The van der Waals surface area contributed by atoms with Crippen molar-refractivity contribution in [2.45, 2.75) is 25.7 Å². The van der Waals surface area contributed by atoms with Crippen LogP contribution in [0.1, 0.15) is 40.0 Å². The van der Waals surface area contributed by atoms with E-state index in [0.717, 1.165) is 47.8 Å². The normalized spacial score (nSPS) is 12.5. The smallest absolute Gasteiger partial charge is 0.276 e. The first-order valence-electron chi connectivity index (χ1n) is 9.79. The van der Waals surface area contributed by atoms with Crippen molar-refractivity contribution in [2.75, 3.05) is 6.61 Å². The third kappa shape index (κ3) is 3.94. The largest absolute Gasteiger partial charge is 0.482 e. The van der Waals surface area contributed by atoms with Crippen molar-refractivity contribution >= 4 is 22.7 Å². The van der Waals surface area contributed by atoms with Gasteiger partial charge >= 0.3 is 0 Å². The Morgan fingerprint density at radius 3 is 2.67 bits per heavy atom. The molecule has 4 rings (SSSR count). The lowest BCUT2D eigenvalue weighted by atomic mass is 9.89. The molecule has 2 amide bonds. The highest BCUT2D eigenvalue weighted by atomic mass is 16.5. The molecule has 2 N–H and O–H groups in total. The molecule has 1 aromatic heterocycles. The van der Waals surface area contributed by atoms with Gasteiger partial charge in [-0.05, 0) is 49.4 Å². The summed E-state index contributed by atoms with van der Waals surface area (Å²) in [5.41, 5.74) is 8.46. The Balaban J connectivity index is 1.47. The van der Waals surface area contributed by atoms with Crippen LogP contribution in [-0.4, -0.2) is 23.4 Å². The summed E-state index contributed by atoms with van der Waals surface area (Å²) >= 11 is 0. The zero-order chi connectivity index (χ0) is 20.9. The number of benzene rings is 2. The number of amides is 2. The monoisotopic (exact) mass is 400 g/mol. The number of aromatic nitrogens is 1. The first-order chi connectivity index (χ1) is 14.7. The molecule has 0 saturated heterocycles. The van der Waals surface area contributed by atoms with Crippen LogP contribution in [0.25, 0.3) is 10.9 Å². The van der Waals surface area contributed by atoms with Crippen molar-refractivity contribution in [3.05, 3.63) is 70.9 Å². The predicted octanol–water partition coefficient (Wildman–Crippen LogP) is 2.83. The molecule has 7 nitrogen and oxygen atoms in total. The van der Waals surface area contributed by atoms with E-state index >= 15 is 0 Å². The van der Waals surface area contributed by atoms with E-state index in [-0.39, 0.29) is 12.5 Å². The number of carbonyl (C=O) groups is 2. The lowest BCUT2D eigenvalue weighted by molar-refractivity contribution is -0.123. The van der Waals surface area contributed by atoms with Crippen LogP contribution in [0.15, 0.2) is 48.5 Å². The van der Waals surface area contributed by atoms with Crippen molar-refractivity contribution < 1.29 is 14.3 Å². The van der Waals surface area contributed by atoms with Gasteiger partial charge in [0, 0.05) is 11.1 Å². The highest BCUT2D eigenvalue weighted by molar-refractivity contribution is 6.08. The minimum atomic E-state index is -0.525. The van der Waals surface area contributed by atoms with Crippen LogP contribution in [0.4, 0.5) is 0 Å². The summed E-state index contributed by atoms with van der Waals surface area (Å²) in [5, 5.41) is 9.84. The number of hydrogen-bond acceptors (Lipinski definition) is 5. The average molecular weight is 400 g/mol. The summed E-state index contributed by atoms with van der Waals surface area (Å²) in [6, 6.07) is 16.2. The van der Waals surface area contributed by atoms with Crippen molar-refractivity contribution in [3.63, 3.8) is 0 Å². The van der Waals surface area contributed by atoms with E-state index in [9.17, 15) is 9.59 Å². The Morgan fingerprint density at radius 2 is 1.80 bits per heavy atom. The third-order valence-electron chi connectivity index (χ3n) is 5.08. The molecule has 0 spiro atoms. The molecule has 0 saturated carbocycles. The van der Waals surface area contributed by atoms with E-state index in [4.69, 9.17) is 15.0 Å². The number of pyridine rings is 1. The Morgan fingerprint density at radius 1 is 1.03 bits per heavy atom. The summed E-state index contributed by atoms with van der Waals surface area (Å²) < 4.78 is 5.39. The number of fused-ring (bicyclic) bond motifs is 2. The van der Waals surface area contributed by atoms with E-state index in [1.165, 1.54) is 0 Å². The summed E-state index contributed by atoms with van der Waals surface area (Å²) in [6.45, 7) is -0.325. The molecule has 0 radical (unpaired) electrons. The van der Waals surface area contributed by atoms with Crippen LogP contribution in [0.5, 0.6) is 5.75 Å². The van der Waals surface area contributed by atoms with Crippen LogP contribution in [0.3, 0.4) is 0 Å². The van der Waals surface area contributed by atoms with Crippen LogP contribution in [0.2, 0.25) is 0 Å². The molecular weight excluding hydrogens is 380 g/mol. The zero-order valence-electron chi connectivity index (χ0n) is 16.3. The number of nitrogens with zero attached hydrogens (tertiary/aromatic N) is 2. The Bertz CT molecular complexity index is 1170. The van der Waals surface area contributed by atoms with Gasteiger partial charge in [0.05, 0.1) is 16.6 Å². The van der Waals surface area contributed by atoms with Crippen molar-refractivity contribution in [3.8, 4) is 11.8 Å². The van der Waals surface area contributed by atoms with Crippen molar-refractivity contribution in [1.29, 1.82) is 5.26 Å². The molecular formula is C23H20N4O3. The molecule has 1 aliphatic rings. The summed E-state index contributed by atoms with van der Waals surface area (Å²) in [4.78, 5) is 29.8. The second kappa shape index (κ2) is 8.62. The van der Waals surface area contributed by atoms with Gasteiger partial charge in [0.25, 0.3) is 11.8 Å². The van der Waals surface area contributed by atoms with Gasteiger partial charge in [-0.15, -0.1) is 0 Å². The van der Waals surface area contributed by atoms with Gasteiger partial charge in [-0.1, -0.05) is 30.3 Å². The fraction of sp³-hybridized carbons (Fsp3) is 0.217. The average Bonchev–Trinajstić information content (AvgIpc) is 2.79. The lowest BCUT2D eigenvalue weighted by Crippen LogP contribution is -2.44. The molecule has 1 aliphatic carbocycles. The van der Waals surface area contributed by atoms with Gasteiger partial charge < -0.3 is 4.74 Å². The van der Waals surface area contributed by atoms with Gasteiger partial charge in [0.1, 0.15) is 11.8 Å². The van der Waals surface area contributed by atoms with Crippen LogP contribution in [0, 0.1) is 11.3 Å². The summed E-state index contributed by atoms with van der Waals surface area (Å²) in [5.74, 6) is -0.587. The number of ether oxygens (including phenoxy) is 1. The van der Waals surface area contributed by atoms with E-state index in [0.29, 0.717) is 16.9 Å². The lowest BCUT2D eigenvalue weighted by Gasteiger charge is -2.20. The Labute approximate surface area is 173 Å². The Kier molecular flexibility index (Phi) is 5.57. The van der Waals surface area contributed by atoms with Gasteiger partial charge in [0.15, 0.2) is 6.61 Å². The van der Waals surface area contributed by atoms with Crippen LogP contribution >= 0.6 is 0 Å². The quantitative estimate of drug-likeness (QED) is 0.656. The first kappa shape index (κ1) is 19.4.